The van der Waals surface area contributed by atoms with Crippen molar-refractivity contribution in [2.24, 2.45) is 0 Å². The number of likely N-dealkylation sites (tertiary alicyclic amines) is 1. The molecule has 0 saturated carbocycles. The average Bonchev–Trinajstić information content (AvgIpc) is 2.27. The Morgan fingerprint density at radius 1 is 1.17 bits per heavy atom. The molecule has 4 nitrogen and oxygen atoms in total. The summed E-state index contributed by atoms with van der Waals surface area (Å²) in [6.45, 7) is 6.12. The standard InChI is InChI=1S/C14H29N3O/c1-13(15-9-12-16(2)3)14(18)17-10-7-5-4-6-8-11-17/h13,15H,4-12H2,1-3H3/p+2/t13-/m0/s1. The van der Waals surface area contributed by atoms with Crippen LogP contribution in [-0.2, 0) is 4.79 Å². The first-order valence-corrected chi connectivity index (χ1v) is 7.52. The zero-order valence-corrected chi connectivity index (χ0v) is 12.4. The van der Waals surface area contributed by atoms with Gasteiger partial charge in [-0.15, -0.1) is 0 Å². The molecule has 1 heterocycles. The Kier molecular flexibility index (Phi) is 7.28. The third-order valence-electron chi connectivity index (χ3n) is 3.72. The Bertz CT molecular complexity index is 235. The van der Waals surface area contributed by atoms with E-state index in [2.05, 4.69) is 24.3 Å². The van der Waals surface area contributed by atoms with Crippen LogP contribution in [0.2, 0.25) is 0 Å². The van der Waals surface area contributed by atoms with E-state index in [-0.39, 0.29) is 6.04 Å². The maximum absolute atomic E-state index is 12.3. The van der Waals surface area contributed by atoms with Crippen LogP contribution < -0.4 is 10.2 Å². The molecule has 1 aliphatic heterocycles. The molecule has 0 aliphatic carbocycles. The second-order valence-electron chi connectivity index (χ2n) is 5.86. The van der Waals surface area contributed by atoms with Crippen LogP contribution in [0.4, 0.5) is 0 Å². The summed E-state index contributed by atoms with van der Waals surface area (Å²) in [4.78, 5) is 15.9. The molecule has 1 aliphatic rings. The van der Waals surface area contributed by atoms with Crippen molar-refractivity contribution in [2.45, 2.75) is 45.1 Å². The van der Waals surface area contributed by atoms with Crippen molar-refractivity contribution in [3.63, 3.8) is 0 Å². The molecular weight excluding hydrogens is 226 g/mol. The maximum atomic E-state index is 12.3. The second kappa shape index (κ2) is 8.48. The number of hydrogen-bond acceptors (Lipinski definition) is 1. The summed E-state index contributed by atoms with van der Waals surface area (Å²) in [7, 11) is 4.30. The highest BCUT2D eigenvalue weighted by Gasteiger charge is 2.23. The van der Waals surface area contributed by atoms with Gasteiger partial charge in [0.1, 0.15) is 13.1 Å². The first kappa shape index (κ1) is 15.4. The van der Waals surface area contributed by atoms with Gasteiger partial charge in [-0.05, 0) is 19.8 Å². The number of amides is 1. The highest BCUT2D eigenvalue weighted by atomic mass is 16.2. The molecule has 0 aromatic heterocycles. The van der Waals surface area contributed by atoms with Crippen LogP contribution in [0, 0.1) is 0 Å². The van der Waals surface area contributed by atoms with Gasteiger partial charge in [0.15, 0.2) is 6.04 Å². The number of likely N-dealkylation sites (N-methyl/N-ethyl adjacent to an activating group) is 1. The molecule has 0 aromatic carbocycles. The summed E-state index contributed by atoms with van der Waals surface area (Å²) in [6.07, 6.45) is 6.27. The van der Waals surface area contributed by atoms with Crippen molar-refractivity contribution < 1.29 is 15.0 Å². The highest BCUT2D eigenvalue weighted by molar-refractivity contribution is 5.80. The zero-order chi connectivity index (χ0) is 13.4. The van der Waals surface area contributed by atoms with Gasteiger partial charge in [-0.25, -0.2) is 0 Å². The van der Waals surface area contributed by atoms with Crippen molar-refractivity contribution >= 4 is 5.91 Å². The van der Waals surface area contributed by atoms with E-state index >= 15 is 0 Å². The molecule has 4 heteroatoms. The van der Waals surface area contributed by atoms with Gasteiger partial charge in [0.25, 0.3) is 5.91 Å². The molecule has 1 atom stereocenters. The molecule has 0 spiro atoms. The fourth-order valence-corrected chi connectivity index (χ4v) is 2.48. The predicted molar refractivity (Wildman–Crippen MR) is 73.6 cm³/mol. The molecule has 1 rings (SSSR count). The van der Waals surface area contributed by atoms with Gasteiger partial charge >= 0.3 is 0 Å². The largest absolute Gasteiger partial charge is 0.338 e. The van der Waals surface area contributed by atoms with E-state index in [1.54, 1.807) is 0 Å². The van der Waals surface area contributed by atoms with Gasteiger partial charge < -0.3 is 15.1 Å². The van der Waals surface area contributed by atoms with E-state index in [0.717, 1.165) is 26.2 Å². The molecular formula is C14H31N3O+2. The topological polar surface area (TPSA) is 41.4 Å². The number of nitrogens with two attached hydrogens (primary N) is 1. The average molecular weight is 257 g/mol. The lowest BCUT2D eigenvalue weighted by Gasteiger charge is -2.26. The SMILES string of the molecule is C[C@H]([NH2+]CC[NH+](C)C)C(=O)N1CCCCCCC1. The number of quaternary nitrogens is 2. The maximum Gasteiger partial charge on any atom is 0.280 e. The fraction of sp³-hybridized carbons (Fsp3) is 0.929. The van der Waals surface area contributed by atoms with E-state index in [4.69, 9.17) is 0 Å². The molecule has 0 radical (unpaired) electrons. The number of nitrogens with one attached hydrogen (secondary N) is 1. The van der Waals surface area contributed by atoms with E-state index in [0.29, 0.717) is 5.91 Å². The molecule has 18 heavy (non-hydrogen) atoms. The van der Waals surface area contributed by atoms with E-state index in [1.807, 2.05) is 6.92 Å². The molecule has 1 amide bonds. The van der Waals surface area contributed by atoms with Gasteiger partial charge in [0.2, 0.25) is 0 Å². The van der Waals surface area contributed by atoms with E-state index in [1.165, 1.54) is 37.0 Å². The van der Waals surface area contributed by atoms with Crippen molar-refractivity contribution in [3.8, 4) is 0 Å². The summed E-state index contributed by atoms with van der Waals surface area (Å²) in [6, 6.07) is 0.0868. The summed E-state index contributed by atoms with van der Waals surface area (Å²) in [5, 5.41) is 2.19. The summed E-state index contributed by atoms with van der Waals surface area (Å²) in [5.74, 6) is 0.339. The Hall–Kier alpha value is -0.610. The van der Waals surface area contributed by atoms with E-state index < -0.39 is 0 Å². The van der Waals surface area contributed by atoms with Crippen LogP contribution in [0.25, 0.3) is 0 Å². The Labute approximate surface area is 112 Å². The smallest absolute Gasteiger partial charge is 0.280 e. The number of hydrogen-bond donors (Lipinski definition) is 2. The van der Waals surface area contributed by atoms with Crippen molar-refractivity contribution in [3.05, 3.63) is 0 Å². The normalized spacial score (nSPS) is 19.4. The predicted octanol–water partition coefficient (Wildman–Crippen LogP) is -1.12. The van der Waals surface area contributed by atoms with Crippen molar-refractivity contribution in [2.75, 3.05) is 40.3 Å². The molecule has 1 fully saturated rings. The lowest BCUT2D eigenvalue weighted by atomic mass is 10.1. The lowest BCUT2D eigenvalue weighted by molar-refractivity contribution is -0.875. The van der Waals surface area contributed by atoms with Crippen LogP contribution in [0.3, 0.4) is 0 Å². The molecule has 0 bridgehead atoms. The van der Waals surface area contributed by atoms with Gasteiger partial charge in [0.05, 0.1) is 14.1 Å². The molecule has 3 N–H and O–H groups in total. The number of nitrogens with zero attached hydrogens (tertiary/aromatic N) is 1. The van der Waals surface area contributed by atoms with Crippen molar-refractivity contribution in [1.82, 2.24) is 4.90 Å². The zero-order valence-electron chi connectivity index (χ0n) is 12.4. The monoisotopic (exact) mass is 257 g/mol. The van der Waals surface area contributed by atoms with Crippen LogP contribution in [0.5, 0.6) is 0 Å². The molecule has 0 aromatic rings. The minimum absolute atomic E-state index is 0.0868. The van der Waals surface area contributed by atoms with Gasteiger partial charge in [-0.3, -0.25) is 4.79 Å². The fourth-order valence-electron chi connectivity index (χ4n) is 2.48. The summed E-state index contributed by atoms with van der Waals surface area (Å²) >= 11 is 0. The van der Waals surface area contributed by atoms with Crippen LogP contribution >= 0.6 is 0 Å². The first-order chi connectivity index (χ1) is 8.61. The number of carbonyl (C=O) groups excluding carboxylic acids is 1. The lowest BCUT2D eigenvalue weighted by Crippen LogP contribution is -3.10. The van der Waals surface area contributed by atoms with Crippen LogP contribution in [-0.4, -0.2) is 57.1 Å². The molecule has 0 unspecified atom stereocenters. The Morgan fingerprint density at radius 3 is 2.28 bits per heavy atom. The minimum Gasteiger partial charge on any atom is -0.338 e. The van der Waals surface area contributed by atoms with Crippen LogP contribution in [0.15, 0.2) is 0 Å². The molecule has 106 valence electrons. The quantitative estimate of drug-likeness (QED) is 0.643. The number of carbonyl (C=O) groups is 1. The first-order valence-electron chi connectivity index (χ1n) is 7.52. The second-order valence-corrected chi connectivity index (χ2v) is 5.86. The third kappa shape index (κ3) is 5.83. The summed E-state index contributed by atoms with van der Waals surface area (Å²) < 4.78 is 0. The van der Waals surface area contributed by atoms with Gasteiger partial charge in [0, 0.05) is 13.1 Å². The third-order valence-corrected chi connectivity index (χ3v) is 3.72. The summed E-state index contributed by atoms with van der Waals surface area (Å²) in [5.41, 5.74) is 0. The van der Waals surface area contributed by atoms with Gasteiger partial charge in [-0.1, -0.05) is 19.3 Å². The Morgan fingerprint density at radius 2 is 1.72 bits per heavy atom. The number of rotatable bonds is 5. The van der Waals surface area contributed by atoms with E-state index in [9.17, 15) is 4.79 Å². The van der Waals surface area contributed by atoms with Crippen LogP contribution in [0.1, 0.15) is 39.0 Å². The Balaban J connectivity index is 2.31. The minimum atomic E-state index is 0.0868. The molecule has 1 saturated heterocycles. The van der Waals surface area contributed by atoms with Gasteiger partial charge in [-0.2, -0.15) is 0 Å². The highest BCUT2D eigenvalue weighted by Crippen LogP contribution is 2.10. The van der Waals surface area contributed by atoms with Crippen molar-refractivity contribution in [1.29, 1.82) is 0 Å².